The van der Waals surface area contributed by atoms with Crippen LogP contribution in [0.1, 0.15) is 31.4 Å². The van der Waals surface area contributed by atoms with Crippen LogP contribution in [0.2, 0.25) is 0 Å². The van der Waals surface area contributed by atoms with E-state index in [4.69, 9.17) is 20.9 Å². The molecule has 0 bridgehead atoms. The highest BCUT2D eigenvalue weighted by molar-refractivity contribution is 5.85. The van der Waals surface area contributed by atoms with Gasteiger partial charge in [-0.1, -0.05) is 6.07 Å². The van der Waals surface area contributed by atoms with Gasteiger partial charge in [0.05, 0.1) is 13.7 Å². The zero-order chi connectivity index (χ0) is 12.7. The van der Waals surface area contributed by atoms with E-state index in [0.29, 0.717) is 13.2 Å². The van der Waals surface area contributed by atoms with Gasteiger partial charge >= 0.3 is 0 Å². The average Bonchev–Trinajstić information content (AvgIpc) is 2.36. The number of nitrogens with two attached hydrogens (primary N) is 2. The molecule has 0 radical (unpaired) electrons. The van der Waals surface area contributed by atoms with Crippen molar-refractivity contribution in [1.29, 1.82) is 0 Å². The summed E-state index contributed by atoms with van der Waals surface area (Å²) >= 11 is 0. The lowest BCUT2D eigenvalue weighted by Gasteiger charge is -2.15. The molecule has 0 saturated carbocycles. The molecule has 18 heavy (non-hydrogen) atoms. The zero-order valence-electron chi connectivity index (χ0n) is 11.0. The summed E-state index contributed by atoms with van der Waals surface area (Å²) in [6.07, 6.45) is 1.81. The van der Waals surface area contributed by atoms with Crippen molar-refractivity contribution >= 4 is 12.4 Å². The number of benzene rings is 1. The minimum Gasteiger partial charge on any atom is -0.493 e. The smallest absolute Gasteiger partial charge is 0.161 e. The Bertz CT molecular complexity index is 348. The molecule has 104 valence electrons. The molecule has 1 aromatic carbocycles. The van der Waals surface area contributed by atoms with Crippen LogP contribution in [0.4, 0.5) is 0 Å². The van der Waals surface area contributed by atoms with Gasteiger partial charge in [0.15, 0.2) is 11.5 Å². The Morgan fingerprint density at radius 2 is 2.00 bits per heavy atom. The SMILES string of the molecule is CCOc1ccc([C@@H](N)CCCN)cc1OC.Cl. The van der Waals surface area contributed by atoms with E-state index in [2.05, 4.69) is 0 Å². The van der Waals surface area contributed by atoms with Crippen molar-refractivity contribution in [1.82, 2.24) is 0 Å². The molecule has 1 aromatic rings. The summed E-state index contributed by atoms with van der Waals surface area (Å²) in [6, 6.07) is 5.82. The third-order valence-electron chi connectivity index (χ3n) is 2.63. The third-order valence-corrected chi connectivity index (χ3v) is 2.63. The minimum atomic E-state index is 0. The first-order valence-electron chi connectivity index (χ1n) is 5.99. The van der Waals surface area contributed by atoms with Crippen LogP contribution < -0.4 is 20.9 Å². The lowest BCUT2D eigenvalue weighted by molar-refractivity contribution is 0.310. The van der Waals surface area contributed by atoms with Gasteiger partial charge < -0.3 is 20.9 Å². The predicted molar refractivity (Wildman–Crippen MR) is 76.6 cm³/mol. The van der Waals surface area contributed by atoms with E-state index in [1.807, 2.05) is 25.1 Å². The van der Waals surface area contributed by atoms with Crippen molar-refractivity contribution in [3.63, 3.8) is 0 Å². The second-order valence-electron chi connectivity index (χ2n) is 3.88. The van der Waals surface area contributed by atoms with Crippen molar-refractivity contribution in [2.75, 3.05) is 20.3 Å². The molecule has 0 unspecified atom stereocenters. The summed E-state index contributed by atoms with van der Waals surface area (Å²) in [6.45, 7) is 3.23. The van der Waals surface area contributed by atoms with Crippen molar-refractivity contribution in [3.8, 4) is 11.5 Å². The van der Waals surface area contributed by atoms with Gasteiger partial charge in [0.2, 0.25) is 0 Å². The topological polar surface area (TPSA) is 70.5 Å². The Labute approximate surface area is 115 Å². The van der Waals surface area contributed by atoms with Crippen LogP contribution in [0, 0.1) is 0 Å². The number of hydrogen-bond donors (Lipinski definition) is 2. The molecule has 0 fully saturated rings. The van der Waals surface area contributed by atoms with Gasteiger partial charge in [-0.3, -0.25) is 0 Å². The highest BCUT2D eigenvalue weighted by atomic mass is 35.5. The van der Waals surface area contributed by atoms with Crippen LogP contribution >= 0.6 is 12.4 Å². The lowest BCUT2D eigenvalue weighted by atomic mass is 10.0. The molecule has 0 aliphatic heterocycles. The maximum Gasteiger partial charge on any atom is 0.161 e. The van der Waals surface area contributed by atoms with Crippen LogP contribution in [-0.4, -0.2) is 20.3 Å². The third kappa shape index (κ3) is 4.72. The average molecular weight is 275 g/mol. The lowest BCUT2D eigenvalue weighted by Crippen LogP contribution is -2.12. The van der Waals surface area contributed by atoms with Crippen LogP contribution in [0.25, 0.3) is 0 Å². The van der Waals surface area contributed by atoms with E-state index in [0.717, 1.165) is 29.9 Å². The fourth-order valence-corrected chi connectivity index (χ4v) is 1.69. The van der Waals surface area contributed by atoms with E-state index < -0.39 is 0 Å². The van der Waals surface area contributed by atoms with Crippen molar-refractivity contribution in [2.24, 2.45) is 11.5 Å². The number of rotatable bonds is 7. The Kier molecular flexibility index (Phi) is 8.54. The summed E-state index contributed by atoms with van der Waals surface area (Å²) < 4.78 is 10.7. The monoisotopic (exact) mass is 274 g/mol. The molecular weight excluding hydrogens is 252 g/mol. The van der Waals surface area contributed by atoms with E-state index in [1.54, 1.807) is 7.11 Å². The second kappa shape index (κ2) is 9.03. The standard InChI is InChI=1S/C13H22N2O2.ClH/c1-3-17-12-7-6-10(9-13(12)16-2)11(15)5-4-8-14;/h6-7,9,11H,3-5,8,14-15H2,1-2H3;1H/t11-;/m0./s1. The summed E-state index contributed by atoms with van der Waals surface area (Å²) in [5.74, 6) is 1.48. The Balaban J connectivity index is 0.00000289. The van der Waals surface area contributed by atoms with Gasteiger partial charge in [0, 0.05) is 6.04 Å². The summed E-state index contributed by atoms with van der Waals surface area (Å²) in [4.78, 5) is 0. The normalized spacial score (nSPS) is 11.6. The molecule has 0 aliphatic carbocycles. The van der Waals surface area contributed by atoms with Crippen LogP contribution in [0.15, 0.2) is 18.2 Å². The first-order valence-corrected chi connectivity index (χ1v) is 5.99. The molecule has 0 saturated heterocycles. The van der Waals surface area contributed by atoms with Gasteiger partial charge in [-0.25, -0.2) is 0 Å². The molecule has 4 N–H and O–H groups in total. The predicted octanol–water partition coefficient (Wildman–Crippen LogP) is 2.25. The molecular formula is C13H23ClN2O2. The molecule has 0 aliphatic rings. The fourth-order valence-electron chi connectivity index (χ4n) is 1.69. The Morgan fingerprint density at radius 1 is 1.28 bits per heavy atom. The number of halogens is 1. The maximum atomic E-state index is 6.08. The number of ether oxygens (including phenoxy) is 2. The van der Waals surface area contributed by atoms with Crippen molar-refractivity contribution in [2.45, 2.75) is 25.8 Å². The summed E-state index contributed by atoms with van der Waals surface area (Å²) in [5.41, 5.74) is 12.6. The van der Waals surface area contributed by atoms with E-state index in [9.17, 15) is 0 Å². The van der Waals surface area contributed by atoms with Crippen LogP contribution in [-0.2, 0) is 0 Å². The summed E-state index contributed by atoms with van der Waals surface area (Å²) in [5, 5.41) is 0. The van der Waals surface area contributed by atoms with Gasteiger partial charge in [-0.05, 0) is 44.0 Å². The molecule has 1 rings (SSSR count). The Morgan fingerprint density at radius 3 is 2.56 bits per heavy atom. The van der Waals surface area contributed by atoms with Gasteiger partial charge in [0.1, 0.15) is 0 Å². The number of methoxy groups -OCH3 is 1. The van der Waals surface area contributed by atoms with Crippen LogP contribution in [0.5, 0.6) is 11.5 Å². The highest BCUT2D eigenvalue weighted by Gasteiger charge is 2.10. The summed E-state index contributed by atoms with van der Waals surface area (Å²) in [7, 11) is 1.63. The highest BCUT2D eigenvalue weighted by Crippen LogP contribution is 2.30. The molecule has 1 atom stereocenters. The molecule has 4 nitrogen and oxygen atoms in total. The first kappa shape index (κ1) is 17.0. The zero-order valence-corrected chi connectivity index (χ0v) is 11.8. The van der Waals surface area contributed by atoms with Crippen LogP contribution in [0.3, 0.4) is 0 Å². The quantitative estimate of drug-likeness (QED) is 0.800. The van der Waals surface area contributed by atoms with Crippen molar-refractivity contribution in [3.05, 3.63) is 23.8 Å². The fraction of sp³-hybridized carbons (Fsp3) is 0.538. The minimum absolute atomic E-state index is 0. The molecule has 0 aromatic heterocycles. The van der Waals surface area contributed by atoms with Gasteiger partial charge in [-0.15, -0.1) is 12.4 Å². The van der Waals surface area contributed by atoms with Gasteiger partial charge in [0.25, 0.3) is 0 Å². The van der Waals surface area contributed by atoms with Gasteiger partial charge in [-0.2, -0.15) is 0 Å². The van der Waals surface area contributed by atoms with E-state index in [-0.39, 0.29) is 18.4 Å². The Hall–Kier alpha value is -0.970. The van der Waals surface area contributed by atoms with Crippen molar-refractivity contribution < 1.29 is 9.47 Å². The molecule has 0 heterocycles. The molecule has 0 spiro atoms. The molecule has 5 heteroatoms. The molecule has 0 amide bonds. The first-order chi connectivity index (χ1) is 8.22. The maximum absolute atomic E-state index is 6.08. The van der Waals surface area contributed by atoms with E-state index in [1.165, 1.54) is 0 Å². The van der Waals surface area contributed by atoms with E-state index >= 15 is 0 Å². The number of hydrogen-bond acceptors (Lipinski definition) is 4. The largest absolute Gasteiger partial charge is 0.493 e. The second-order valence-corrected chi connectivity index (χ2v) is 3.88.